The van der Waals surface area contributed by atoms with Gasteiger partial charge in [-0.3, -0.25) is 19.4 Å². The normalized spacial score (nSPS) is 20.2. The lowest BCUT2D eigenvalue weighted by atomic mass is 9.79. The zero-order valence-electron chi connectivity index (χ0n) is 22.3. The van der Waals surface area contributed by atoms with Gasteiger partial charge in [-0.15, -0.1) is 0 Å². The first-order valence-electron chi connectivity index (χ1n) is 13.8. The van der Waals surface area contributed by atoms with E-state index in [1.54, 1.807) is 11.9 Å². The third-order valence-corrected chi connectivity index (χ3v) is 8.24. The van der Waals surface area contributed by atoms with Gasteiger partial charge in [0.05, 0.1) is 12.0 Å². The summed E-state index contributed by atoms with van der Waals surface area (Å²) in [7, 11) is 1.81. The Morgan fingerprint density at radius 1 is 0.872 bits per heavy atom. The van der Waals surface area contributed by atoms with E-state index in [0.29, 0.717) is 12.1 Å². The molecule has 2 N–H and O–H groups in total. The van der Waals surface area contributed by atoms with E-state index in [-0.39, 0.29) is 11.8 Å². The Kier molecular flexibility index (Phi) is 7.18. The first-order valence-corrected chi connectivity index (χ1v) is 13.8. The molecule has 0 radical (unpaired) electrons. The molecule has 3 heterocycles. The number of H-pyrrole nitrogens is 1. The van der Waals surface area contributed by atoms with Crippen molar-refractivity contribution in [1.82, 2.24) is 25.0 Å². The predicted octanol–water partition coefficient (Wildman–Crippen LogP) is 4.01. The van der Waals surface area contributed by atoms with Gasteiger partial charge < -0.3 is 15.2 Å². The quantitative estimate of drug-likeness (QED) is 0.386. The number of benzene rings is 3. The van der Waals surface area contributed by atoms with Gasteiger partial charge in [0, 0.05) is 81.1 Å². The highest BCUT2D eigenvalue weighted by Crippen LogP contribution is 2.44. The standard InChI is InChI=1S/C32H35N5O2/c1-35-30(27-21-34-28-14-8-7-11-24(27)28)29(25-12-5-6-13-26(25)32(35)39)31(38)33-15-16-36-17-19-37(20-18-36)22-23-9-3-2-4-10-23/h2-14,21,29-30,34H,15-20,22H2,1H3,(H,33,38). The van der Waals surface area contributed by atoms with E-state index in [1.165, 1.54) is 5.56 Å². The van der Waals surface area contributed by atoms with Crippen molar-refractivity contribution in [2.75, 3.05) is 46.3 Å². The van der Waals surface area contributed by atoms with Gasteiger partial charge in [0.2, 0.25) is 5.91 Å². The van der Waals surface area contributed by atoms with Crippen LogP contribution in [0.3, 0.4) is 0 Å². The Morgan fingerprint density at radius 2 is 1.56 bits per heavy atom. The second-order valence-corrected chi connectivity index (χ2v) is 10.6. The lowest BCUT2D eigenvalue weighted by molar-refractivity contribution is -0.124. The zero-order chi connectivity index (χ0) is 26.8. The fourth-order valence-corrected chi connectivity index (χ4v) is 6.14. The molecule has 1 fully saturated rings. The number of likely N-dealkylation sites (N-methyl/N-ethyl adjacent to an activating group) is 1. The SMILES string of the molecule is CN1C(=O)c2ccccc2C(C(=O)NCCN2CCN(Cc3ccccc3)CC2)C1c1c[nH]c2ccccc12. The number of piperazine rings is 1. The fourth-order valence-electron chi connectivity index (χ4n) is 6.14. The second-order valence-electron chi connectivity index (χ2n) is 10.6. The van der Waals surface area contributed by atoms with Gasteiger partial charge in [0.15, 0.2) is 0 Å². The summed E-state index contributed by atoms with van der Waals surface area (Å²) in [6.45, 7) is 6.39. The van der Waals surface area contributed by atoms with E-state index < -0.39 is 12.0 Å². The van der Waals surface area contributed by atoms with Crippen LogP contribution in [-0.4, -0.2) is 77.8 Å². The second kappa shape index (κ2) is 11.0. The van der Waals surface area contributed by atoms with E-state index in [4.69, 9.17) is 0 Å². The summed E-state index contributed by atoms with van der Waals surface area (Å²) in [4.78, 5) is 37.2. The molecule has 2 unspecified atom stereocenters. The minimum Gasteiger partial charge on any atom is -0.361 e. The van der Waals surface area contributed by atoms with Crippen LogP contribution >= 0.6 is 0 Å². The summed E-state index contributed by atoms with van der Waals surface area (Å²) in [5.41, 5.74) is 4.70. The highest BCUT2D eigenvalue weighted by Gasteiger charge is 2.43. The van der Waals surface area contributed by atoms with Crippen molar-refractivity contribution in [2.45, 2.75) is 18.5 Å². The van der Waals surface area contributed by atoms with Crippen LogP contribution < -0.4 is 5.32 Å². The van der Waals surface area contributed by atoms with E-state index in [9.17, 15) is 9.59 Å². The van der Waals surface area contributed by atoms with Gasteiger partial charge in [-0.05, 0) is 23.3 Å². The molecule has 1 saturated heterocycles. The van der Waals surface area contributed by atoms with E-state index in [2.05, 4.69) is 50.4 Å². The molecule has 2 aliphatic rings. The number of hydrogen-bond donors (Lipinski definition) is 2. The molecule has 0 bridgehead atoms. The van der Waals surface area contributed by atoms with E-state index in [0.717, 1.165) is 61.3 Å². The van der Waals surface area contributed by atoms with Crippen LogP contribution in [0.1, 0.15) is 39.0 Å². The Bertz CT molecular complexity index is 1460. The number of nitrogens with one attached hydrogen (secondary N) is 2. The minimum atomic E-state index is -0.495. The summed E-state index contributed by atoms with van der Waals surface area (Å²) >= 11 is 0. The Labute approximate surface area is 229 Å². The molecule has 0 saturated carbocycles. The smallest absolute Gasteiger partial charge is 0.254 e. The summed E-state index contributed by atoms with van der Waals surface area (Å²) in [5.74, 6) is -0.594. The zero-order valence-corrected chi connectivity index (χ0v) is 22.3. The molecule has 39 heavy (non-hydrogen) atoms. The van der Waals surface area contributed by atoms with Crippen molar-refractivity contribution in [3.05, 3.63) is 107 Å². The monoisotopic (exact) mass is 521 g/mol. The van der Waals surface area contributed by atoms with Crippen molar-refractivity contribution >= 4 is 22.7 Å². The topological polar surface area (TPSA) is 71.7 Å². The van der Waals surface area contributed by atoms with Crippen molar-refractivity contribution < 1.29 is 9.59 Å². The summed E-state index contributed by atoms with van der Waals surface area (Å²) in [6.07, 6.45) is 1.95. The van der Waals surface area contributed by atoms with E-state index in [1.807, 2.05) is 54.7 Å². The predicted molar refractivity (Wildman–Crippen MR) is 153 cm³/mol. The fraction of sp³-hybridized carbons (Fsp3) is 0.312. The third-order valence-electron chi connectivity index (χ3n) is 8.24. The van der Waals surface area contributed by atoms with Gasteiger partial charge in [0.25, 0.3) is 5.91 Å². The number of hydrogen-bond acceptors (Lipinski definition) is 4. The van der Waals surface area contributed by atoms with Crippen LogP contribution in [0, 0.1) is 0 Å². The van der Waals surface area contributed by atoms with Gasteiger partial charge in [-0.1, -0.05) is 66.7 Å². The molecule has 3 aromatic carbocycles. The van der Waals surface area contributed by atoms with Crippen molar-refractivity contribution in [2.24, 2.45) is 0 Å². The first-order chi connectivity index (χ1) is 19.1. The third kappa shape index (κ3) is 5.07. The van der Waals surface area contributed by atoms with Crippen LogP contribution in [0.15, 0.2) is 85.1 Å². The molecule has 200 valence electrons. The van der Waals surface area contributed by atoms with Crippen molar-refractivity contribution in [3.63, 3.8) is 0 Å². The average Bonchev–Trinajstić information content (AvgIpc) is 3.40. The van der Waals surface area contributed by atoms with Gasteiger partial charge in [-0.2, -0.15) is 0 Å². The van der Waals surface area contributed by atoms with E-state index >= 15 is 0 Å². The highest BCUT2D eigenvalue weighted by molar-refractivity contribution is 6.02. The number of rotatable bonds is 7. The molecule has 0 spiro atoms. The first kappa shape index (κ1) is 25.3. The maximum absolute atomic E-state index is 13.9. The molecule has 4 aromatic rings. The summed E-state index contributed by atoms with van der Waals surface area (Å²) in [6, 6.07) is 25.8. The molecule has 0 aliphatic carbocycles. The molecule has 2 amide bonds. The van der Waals surface area contributed by atoms with Gasteiger partial charge in [0.1, 0.15) is 0 Å². The molecule has 2 aliphatic heterocycles. The van der Waals surface area contributed by atoms with Crippen LogP contribution in [-0.2, 0) is 11.3 Å². The maximum Gasteiger partial charge on any atom is 0.254 e. The molecule has 2 atom stereocenters. The molecule has 6 rings (SSSR count). The number of aromatic nitrogens is 1. The van der Waals surface area contributed by atoms with Gasteiger partial charge >= 0.3 is 0 Å². The van der Waals surface area contributed by atoms with Crippen molar-refractivity contribution in [3.8, 4) is 0 Å². The lowest BCUT2D eigenvalue weighted by Gasteiger charge is -2.39. The number of fused-ring (bicyclic) bond motifs is 2. The molecular formula is C32H35N5O2. The summed E-state index contributed by atoms with van der Waals surface area (Å²) in [5, 5.41) is 4.26. The van der Waals surface area contributed by atoms with Crippen LogP contribution in [0.25, 0.3) is 10.9 Å². The largest absolute Gasteiger partial charge is 0.361 e. The minimum absolute atomic E-state index is 0.0419. The number of carbonyl (C=O) groups is 2. The number of para-hydroxylation sites is 1. The number of nitrogens with zero attached hydrogens (tertiary/aromatic N) is 3. The van der Waals surface area contributed by atoms with Crippen LogP contribution in [0.5, 0.6) is 0 Å². The molecule has 7 nitrogen and oxygen atoms in total. The number of carbonyl (C=O) groups excluding carboxylic acids is 2. The van der Waals surface area contributed by atoms with Crippen LogP contribution in [0.4, 0.5) is 0 Å². The van der Waals surface area contributed by atoms with Crippen molar-refractivity contribution in [1.29, 1.82) is 0 Å². The number of amides is 2. The molecule has 7 heteroatoms. The Morgan fingerprint density at radius 3 is 2.38 bits per heavy atom. The number of aromatic amines is 1. The molecular weight excluding hydrogens is 486 g/mol. The summed E-state index contributed by atoms with van der Waals surface area (Å²) < 4.78 is 0. The average molecular weight is 522 g/mol. The lowest BCUT2D eigenvalue weighted by Crippen LogP contribution is -2.49. The Hall–Kier alpha value is -3.94. The Balaban J connectivity index is 1.14. The van der Waals surface area contributed by atoms with Gasteiger partial charge in [-0.25, -0.2) is 0 Å². The highest BCUT2D eigenvalue weighted by atomic mass is 16.2. The van der Waals surface area contributed by atoms with Crippen LogP contribution in [0.2, 0.25) is 0 Å². The maximum atomic E-state index is 13.9. The molecule has 1 aromatic heterocycles.